The van der Waals surface area contributed by atoms with Crippen LogP contribution in [0, 0.1) is 0 Å². The number of nitrogens with one attached hydrogen (secondary N) is 1. The number of aromatic nitrogens is 5. The van der Waals surface area contributed by atoms with E-state index in [0.717, 1.165) is 27.8 Å². The Morgan fingerprint density at radius 1 is 1.00 bits per heavy atom. The average molecular weight is 247 g/mol. The summed E-state index contributed by atoms with van der Waals surface area (Å²) in [5, 5.41) is 0.994. The molecule has 4 heterocycles. The Bertz CT molecular complexity index is 848. The third-order valence-corrected chi connectivity index (χ3v) is 3.01. The second kappa shape index (κ2) is 3.84. The summed E-state index contributed by atoms with van der Waals surface area (Å²) < 4.78 is 0. The zero-order valence-corrected chi connectivity index (χ0v) is 9.91. The highest BCUT2D eigenvalue weighted by atomic mass is 15.0. The fourth-order valence-electron chi connectivity index (χ4n) is 2.08. The molecule has 0 aliphatic carbocycles. The van der Waals surface area contributed by atoms with E-state index in [-0.39, 0.29) is 0 Å². The fraction of sp³-hybridized carbons (Fsp3) is 0. The molecule has 0 spiro atoms. The highest BCUT2D eigenvalue weighted by molar-refractivity contribution is 5.83. The summed E-state index contributed by atoms with van der Waals surface area (Å²) in [5.74, 6) is 0.770. The summed E-state index contributed by atoms with van der Waals surface area (Å²) in [4.78, 5) is 20.4. The van der Waals surface area contributed by atoms with Crippen molar-refractivity contribution in [1.29, 1.82) is 0 Å². The molecule has 5 heteroatoms. The SMILES string of the molecule is c1cnc2nc(-c3cnc4ccncc4c3)[nH]c2c1. The summed E-state index contributed by atoms with van der Waals surface area (Å²) >= 11 is 0. The van der Waals surface area contributed by atoms with Gasteiger partial charge in [0.25, 0.3) is 0 Å². The van der Waals surface area contributed by atoms with E-state index < -0.39 is 0 Å². The van der Waals surface area contributed by atoms with Gasteiger partial charge in [-0.1, -0.05) is 0 Å². The maximum absolute atomic E-state index is 4.46. The number of imidazole rings is 1. The van der Waals surface area contributed by atoms with Crippen molar-refractivity contribution in [2.45, 2.75) is 0 Å². The van der Waals surface area contributed by atoms with Crippen molar-refractivity contribution >= 4 is 22.1 Å². The minimum atomic E-state index is 0.712. The molecule has 0 atom stereocenters. The van der Waals surface area contributed by atoms with Crippen molar-refractivity contribution in [3.8, 4) is 11.4 Å². The van der Waals surface area contributed by atoms with Gasteiger partial charge in [0, 0.05) is 35.7 Å². The van der Waals surface area contributed by atoms with Crippen LogP contribution in [0.3, 0.4) is 0 Å². The van der Waals surface area contributed by atoms with E-state index >= 15 is 0 Å². The lowest BCUT2D eigenvalue weighted by atomic mass is 10.2. The summed E-state index contributed by atoms with van der Waals surface area (Å²) in [6.07, 6.45) is 7.07. The van der Waals surface area contributed by atoms with Crippen molar-refractivity contribution in [3.63, 3.8) is 0 Å². The number of aromatic amines is 1. The molecule has 0 amide bonds. The Morgan fingerprint density at radius 3 is 2.95 bits per heavy atom. The largest absolute Gasteiger partial charge is 0.337 e. The Hall–Kier alpha value is -2.82. The van der Waals surface area contributed by atoms with Crippen molar-refractivity contribution < 1.29 is 0 Å². The zero-order valence-electron chi connectivity index (χ0n) is 9.91. The fourth-order valence-corrected chi connectivity index (χ4v) is 2.08. The van der Waals surface area contributed by atoms with Crippen LogP contribution in [-0.4, -0.2) is 24.9 Å². The third-order valence-electron chi connectivity index (χ3n) is 3.01. The van der Waals surface area contributed by atoms with Crippen LogP contribution in [0.5, 0.6) is 0 Å². The molecule has 0 saturated carbocycles. The number of nitrogens with zero attached hydrogens (tertiary/aromatic N) is 4. The molecule has 4 aromatic rings. The van der Waals surface area contributed by atoms with Crippen molar-refractivity contribution in [2.75, 3.05) is 0 Å². The molecular formula is C14H9N5. The van der Waals surface area contributed by atoms with E-state index in [2.05, 4.69) is 24.9 Å². The molecule has 0 saturated heterocycles. The number of fused-ring (bicyclic) bond motifs is 2. The van der Waals surface area contributed by atoms with Crippen molar-refractivity contribution in [3.05, 3.63) is 49.1 Å². The van der Waals surface area contributed by atoms with Crippen molar-refractivity contribution in [1.82, 2.24) is 24.9 Å². The first kappa shape index (κ1) is 10.1. The quantitative estimate of drug-likeness (QED) is 0.561. The van der Waals surface area contributed by atoms with Crippen LogP contribution in [0.25, 0.3) is 33.5 Å². The number of rotatable bonds is 1. The summed E-state index contributed by atoms with van der Waals surface area (Å²) in [5.41, 5.74) is 3.49. The van der Waals surface area contributed by atoms with Crippen LogP contribution in [0.2, 0.25) is 0 Å². The molecule has 0 unspecified atom stereocenters. The van der Waals surface area contributed by atoms with E-state index in [0.29, 0.717) is 5.65 Å². The van der Waals surface area contributed by atoms with Crippen LogP contribution in [0.15, 0.2) is 49.1 Å². The molecule has 0 fully saturated rings. The lowest BCUT2D eigenvalue weighted by molar-refractivity contribution is 1.28. The Kier molecular flexibility index (Phi) is 2.05. The zero-order chi connectivity index (χ0) is 12.7. The molecule has 1 N–H and O–H groups in total. The van der Waals surface area contributed by atoms with Gasteiger partial charge in [-0.3, -0.25) is 9.97 Å². The van der Waals surface area contributed by atoms with E-state index in [9.17, 15) is 0 Å². The van der Waals surface area contributed by atoms with Gasteiger partial charge in [-0.15, -0.1) is 0 Å². The standard InChI is InChI=1S/C14H9N5/c1-2-12-14(16-4-1)19-13(18-12)10-6-9-7-15-5-3-11(9)17-8-10/h1-8H,(H,16,18,19). The highest BCUT2D eigenvalue weighted by Crippen LogP contribution is 2.21. The van der Waals surface area contributed by atoms with Gasteiger partial charge in [0.1, 0.15) is 5.82 Å². The second-order valence-corrected chi connectivity index (χ2v) is 4.25. The van der Waals surface area contributed by atoms with Gasteiger partial charge in [-0.25, -0.2) is 9.97 Å². The molecule has 0 aliphatic heterocycles. The Balaban J connectivity index is 1.93. The second-order valence-electron chi connectivity index (χ2n) is 4.25. The smallest absolute Gasteiger partial charge is 0.178 e. The van der Waals surface area contributed by atoms with Gasteiger partial charge in [-0.05, 0) is 24.3 Å². The molecule has 4 rings (SSSR count). The first-order valence-corrected chi connectivity index (χ1v) is 5.91. The minimum absolute atomic E-state index is 0.712. The molecule has 0 bridgehead atoms. The minimum Gasteiger partial charge on any atom is -0.337 e. The first-order chi connectivity index (χ1) is 9.40. The summed E-state index contributed by atoms with van der Waals surface area (Å²) in [7, 11) is 0. The van der Waals surface area contributed by atoms with Crippen molar-refractivity contribution in [2.24, 2.45) is 0 Å². The van der Waals surface area contributed by atoms with Gasteiger partial charge >= 0.3 is 0 Å². The maximum atomic E-state index is 4.46. The highest BCUT2D eigenvalue weighted by Gasteiger charge is 2.06. The van der Waals surface area contributed by atoms with Crippen LogP contribution in [-0.2, 0) is 0 Å². The third kappa shape index (κ3) is 1.63. The normalized spacial score (nSPS) is 11.2. The monoisotopic (exact) mass is 247 g/mol. The predicted octanol–water partition coefficient (Wildman–Crippen LogP) is 2.57. The van der Waals surface area contributed by atoms with E-state index in [1.54, 1.807) is 24.8 Å². The van der Waals surface area contributed by atoms with Crippen LogP contribution < -0.4 is 0 Å². The molecule has 90 valence electrons. The number of pyridine rings is 3. The topological polar surface area (TPSA) is 67.3 Å². The molecular weight excluding hydrogens is 238 g/mol. The lowest BCUT2D eigenvalue weighted by Crippen LogP contribution is -1.85. The number of H-pyrrole nitrogens is 1. The first-order valence-electron chi connectivity index (χ1n) is 5.91. The van der Waals surface area contributed by atoms with Gasteiger partial charge in [0.05, 0.1) is 11.0 Å². The molecule has 4 aromatic heterocycles. The molecule has 0 radical (unpaired) electrons. The van der Waals surface area contributed by atoms with E-state index in [1.165, 1.54) is 0 Å². The number of hydrogen-bond donors (Lipinski definition) is 1. The Morgan fingerprint density at radius 2 is 2.00 bits per heavy atom. The van der Waals surface area contributed by atoms with Gasteiger partial charge in [-0.2, -0.15) is 0 Å². The average Bonchev–Trinajstić information content (AvgIpc) is 2.90. The lowest BCUT2D eigenvalue weighted by Gasteiger charge is -1.99. The molecule has 19 heavy (non-hydrogen) atoms. The molecule has 0 aromatic carbocycles. The summed E-state index contributed by atoms with van der Waals surface area (Å²) in [6.45, 7) is 0. The van der Waals surface area contributed by atoms with Gasteiger partial charge in [0.15, 0.2) is 5.65 Å². The van der Waals surface area contributed by atoms with E-state index in [1.807, 2.05) is 24.3 Å². The molecule has 0 aliphatic rings. The van der Waals surface area contributed by atoms with Crippen LogP contribution in [0.4, 0.5) is 0 Å². The van der Waals surface area contributed by atoms with Gasteiger partial charge in [0.2, 0.25) is 0 Å². The Labute approximate surface area is 108 Å². The predicted molar refractivity (Wildman–Crippen MR) is 72.4 cm³/mol. The maximum Gasteiger partial charge on any atom is 0.178 e. The van der Waals surface area contributed by atoms with E-state index in [4.69, 9.17) is 0 Å². The van der Waals surface area contributed by atoms with Crippen LogP contribution >= 0.6 is 0 Å². The van der Waals surface area contributed by atoms with Crippen LogP contribution in [0.1, 0.15) is 0 Å². The number of hydrogen-bond acceptors (Lipinski definition) is 4. The summed E-state index contributed by atoms with van der Waals surface area (Å²) in [6, 6.07) is 7.74. The molecule has 5 nitrogen and oxygen atoms in total. The van der Waals surface area contributed by atoms with Gasteiger partial charge < -0.3 is 4.98 Å².